The minimum absolute atomic E-state index is 0.0493. The SMILES string of the molecule is CC1(C)C(O)C(C#N)=C[C@]2(C)C3=CC(=O)[C@@H]4[C@@H]5CC6(CC6)CC[C@]5(CCCO)CC[C@@]4(C)[C@]3(C)CC[C@@H]12. The van der Waals surface area contributed by atoms with Crippen molar-refractivity contribution < 1.29 is 15.0 Å². The number of nitrogens with zero attached hydrogens (tertiary/aromatic N) is 1. The molecule has 0 aromatic heterocycles. The highest BCUT2D eigenvalue weighted by molar-refractivity contribution is 5.95. The molecule has 0 aromatic rings. The number of hydrogen-bond acceptors (Lipinski definition) is 4. The first-order valence-corrected chi connectivity index (χ1v) is 15.0. The van der Waals surface area contributed by atoms with Crippen molar-refractivity contribution >= 4 is 5.78 Å². The van der Waals surface area contributed by atoms with Crippen molar-refractivity contribution in [3.63, 3.8) is 0 Å². The van der Waals surface area contributed by atoms with Crippen molar-refractivity contribution in [2.45, 2.75) is 111 Å². The highest BCUT2D eigenvalue weighted by Crippen LogP contribution is 2.76. The Kier molecular flexibility index (Phi) is 5.46. The van der Waals surface area contributed by atoms with E-state index in [0.717, 1.165) is 32.1 Å². The first-order chi connectivity index (χ1) is 17.3. The molecule has 6 aliphatic carbocycles. The van der Waals surface area contributed by atoms with Gasteiger partial charge in [0.1, 0.15) is 0 Å². The summed E-state index contributed by atoms with van der Waals surface area (Å²) in [6, 6.07) is 2.31. The zero-order valence-electron chi connectivity index (χ0n) is 23.7. The molecule has 6 aliphatic rings. The van der Waals surface area contributed by atoms with E-state index in [4.69, 9.17) is 0 Å². The van der Waals surface area contributed by atoms with Crippen molar-refractivity contribution in [1.29, 1.82) is 5.26 Å². The number of hydrogen-bond donors (Lipinski definition) is 2. The van der Waals surface area contributed by atoms with Gasteiger partial charge in [-0.05, 0) is 116 Å². The average Bonchev–Trinajstić information content (AvgIpc) is 3.61. The van der Waals surface area contributed by atoms with Crippen LogP contribution in [0.2, 0.25) is 0 Å². The summed E-state index contributed by atoms with van der Waals surface area (Å²) in [6.45, 7) is 11.6. The quantitative estimate of drug-likeness (QED) is 0.457. The van der Waals surface area contributed by atoms with Crippen LogP contribution in [0.3, 0.4) is 0 Å². The summed E-state index contributed by atoms with van der Waals surface area (Å²) in [5, 5.41) is 30.8. The fourth-order valence-electron chi connectivity index (χ4n) is 11.2. The van der Waals surface area contributed by atoms with E-state index in [2.05, 4.69) is 40.7 Å². The lowest BCUT2D eigenvalue weighted by molar-refractivity contribution is -0.171. The maximum atomic E-state index is 14.5. The molecule has 0 heterocycles. The Morgan fingerprint density at radius 1 is 1.03 bits per heavy atom. The molecule has 0 saturated heterocycles. The molecule has 0 radical (unpaired) electrons. The minimum atomic E-state index is -0.762. The Labute approximate surface area is 223 Å². The first kappa shape index (κ1) is 25.8. The standard InChI is InChI=1S/C33H47NO3/c1-28(2)24-7-9-30(4)25(29(24,3)18-21(20-34)27(28)37)17-23(36)26-22-19-32(11-12-32)13-15-33(22,8-6-16-35)14-10-31(26,30)5/h17-18,22,24,26-27,35,37H,6-16,19H2,1-5H3/t22-,24-,26-,27?,29-,30+,31+,33-/m0/s1. The molecule has 4 nitrogen and oxygen atoms in total. The fraction of sp³-hybridized carbons (Fsp3) is 0.818. The summed E-state index contributed by atoms with van der Waals surface area (Å²) in [6.07, 6.45) is 15.9. The maximum Gasteiger partial charge on any atom is 0.159 e. The van der Waals surface area contributed by atoms with Gasteiger partial charge in [-0.3, -0.25) is 4.79 Å². The van der Waals surface area contributed by atoms with Crippen LogP contribution < -0.4 is 0 Å². The summed E-state index contributed by atoms with van der Waals surface area (Å²) in [5.74, 6) is 0.976. The lowest BCUT2D eigenvalue weighted by atomic mass is 9.34. The van der Waals surface area contributed by atoms with E-state index in [1.54, 1.807) is 0 Å². The lowest BCUT2D eigenvalue weighted by Gasteiger charge is -2.69. The van der Waals surface area contributed by atoms with Gasteiger partial charge in [0, 0.05) is 17.9 Å². The van der Waals surface area contributed by atoms with E-state index in [0.29, 0.717) is 22.7 Å². The summed E-state index contributed by atoms with van der Waals surface area (Å²) >= 11 is 0. The molecule has 4 saturated carbocycles. The van der Waals surface area contributed by atoms with Crippen molar-refractivity contribution in [2.75, 3.05) is 6.61 Å². The van der Waals surface area contributed by atoms with Gasteiger partial charge in [0.05, 0.1) is 17.7 Å². The highest BCUT2D eigenvalue weighted by Gasteiger charge is 2.70. The van der Waals surface area contributed by atoms with Crippen LogP contribution in [-0.2, 0) is 4.79 Å². The Morgan fingerprint density at radius 3 is 2.35 bits per heavy atom. The Hall–Kier alpha value is -1.44. The summed E-state index contributed by atoms with van der Waals surface area (Å²) in [5.41, 5.74) is 1.33. The molecule has 4 fully saturated rings. The van der Waals surface area contributed by atoms with Crippen LogP contribution in [0.4, 0.5) is 0 Å². The van der Waals surface area contributed by atoms with Crippen molar-refractivity contribution in [3.05, 3.63) is 23.3 Å². The van der Waals surface area contributed by atoms with Gasteiger partial charge in [0.15, 0.2) is 5.78 Å². The summed E-state index contributed by atoms with van der Waals surface area (Å²) in [4.78, 5) is 14.5. The third-order valence-electron chi connectivity index (χ3n) is 13.8. The van der Waals surface area contributed by atoms with Crippen LogP contribution in [0.15, 0.2) is 23.3 Å². The van der Waals surface area contributed by atoms with E-state index in [1.165, 1.54) is 44.1 Å². The monoisotopic (exact) mass is 505 g/mol. The van der Waals surface area contributed by atoms with Crippen LogP contribution in [0.1, 0.15) is 105 Å². The minimum Gasteiger partial charge on any atom is -0.396 e. The van der Waals surface area contributed by atoms with Gasteiger partial charge in [-0.1, -0.05) is 46.3 Å². The van der Waals surface area contributed by atoms with E-state index in [1.807, 2.05) is 12.2 Å². The molecule has 2 N–H and O–H groups in total. The van der Waals surface area contributed by atoms with E-state index >= 15 is 0 Å². The molecule has 8 atom stereocenters. The van der Waals surface area contributed by atoms with E-state index < -0.39 is 16.9 Å². The van der Waals surface area contributed by atoms with Crippen LogP contribution >= 0.6 is 0 Å². The van der Waals surface area contributed by atoms with Crippen molar-refractivity contribution in [3.8, 4) is 6.07 Å². The smallest absolute Gasteiger partial charge is 0.159 e. The number of ketones is 1. The largest absolute Gasteiger partial charge is 0.396 e. The topological polar surface area (TPSA) is 81.3 Å². The van der Waals surface area contributed by atoms with Gasteiger partial charge < -0.3 is 10.2 Å². The molecule has 6 rings (SSSR count). The second-order valence-electron chi connectivity index (χ2n) is 15.5. The number of nitriles is 1. The van der Waals surface area contributed by atoms with Crippen LogP contribution in [0, 0.1) is 61.6 Å². The first-order valence-electron chi connectivity index (χ1n) is 15.0. The van der Waals surface area contributed by atoms with E-state index in [-0.39, 0.29) is 34.7 Å². The van der Waals surface area contributed by atoms with Gasteiger partial charge in [0.25, 0.3) is 0 Å². The molecule has 0 aliphatic heterocycles. The molecule has 0 aromatic carbocycles. The number of allylic oxidation sites excluding steroid dienone is 3. The van der Waals surface area contributed by atoms with Gasteiger partial charge in [-0.2, -0.15) is 5.26 Å². The Balaban J connectivity index is 1.49. The number of rotatable bonds is 3. The third kappa shape index (κ3) is 3.17. The Bertz CT molecular complexity index is 1120. The molecule has 37 heavy (non-hydrogen) atoms. The third-order valence-corrected chi connectivity index (χ3v) is 13.8. The molecule has 1 spiro atoms. The molecule has 0 amide bonds. The summed E-state index contributed by atoms with van der Waals surface area (Å²) in [7, 11) is 0. The molecule has 4 heteroatoms. The Morgan fingerprint density at radius 2 is 1.70 bits per heavy atom. The number of aliphatic hydroxyl groups excluding tert-OH is 2. The van der Waals surface area contributed by atoms with Crippen LogP contribution in [0.5, 0.6) is 0 Å². The van der Waals surface area contributed by atoms with Crippen LogP contribution in [0.25, 0.3) is 0 Å². The van der Waals surface area contributed by atoms with Crippen LogP contribution in [-0.4, -0.2) is 28.7 Å². The molecule has 0 bridgehead atoms. The van der Waals surface area contributed by atoms with Crippen molar-refractivity contribution in [1.82, 2.24) is 0 Å². The normalized spacial score (nSPS) is 49.0. The molecular formula is C33H47NO3. The maximum absolute atomic E-state index is 14.5. The van der Waals surface area contributed by atoms with Gasteiger partial charge in [-0.25, -0.2) is 0 Å². The van der Waals surface area contributed by atoms with Gasteiger partial charge >= 0.3 is 0 Å². The number of fused-ring (bicyclic) bond motifs is 7. The second kappa shape index (κ2) is 7.82. The number of aliphatic hydroxyl groups is 2. The zero-order chi connectivity index (χ0) is 26.6. The predicted octanol–water partition coefficient (Wildman–Crippen LogP) is 6.52. The zero-order valence-corrected chi connectivity index (χ0v) is 23.7. The molecule has 1 unspecified atom stereocenters. The lowest BCUT2D eigenvalue weighted by Crippen LogP contribution is -2.64. The van der Waals surface area contributed by atoms with Gasteiger partial charge in [-0.15, -0.1) is 0 Å². The average molecular weight is 506 g/mol. The fourth-order valence-corrected chi connectivity index (χ4v) is 11.2. The van der Waals surface area contributed by atoms with Crippen molar-refractivity contribution in [2.24, 2.45) is 50.2 Å². The summed E-state index contributed by atoms with van der Waals surface area (Å²) < 4.78 is 0. The van der Waals surface area contributed by atoms with Gasteiger partial charge in [0.2, 0.25) is 0 Å². The molecule has 202 valence electrons. The van der Waals surface area contributed by atoms with E-state index in [9.17, 15) is 20.3 Å². The second-order valence-corrected chi connectivity index (χ2v) is 15.5. The predicted molar refractivity (Wildman–Crippen MR) is 144 cm³/mol. The molecular weight excluding hydrogens is 458 g/mol. The number of carbonyl (C=O) groups is 1. The highest BCUT2D eigenvalue weighted by atomic mass is 16.3. The number of carbonyl (C=O) groups excluding carboxylic acids is 1.